The van der Waals surface area contributed by atoms with Crippen LogP contribution in [0.3, 0.4) is 0 Å². The van der Waals surface area contributed by atoms with Crippen LogP contribution in [0.5, 0.6) is 0 Å². The van der Waals surface area contributed by atoms with Crippen molar-refractivity contribution in [1.82, 2.24) is 9.71 Å². The van der Waals surface area contributed by atoms with Crippen molar-refractivity contribution in [2.45, 2.75) is 25.3 Å². The van der Waals surface area contributed by atoms with E-state index in [1.807, 2.05) is 13.8 Å². The molecule has 0 spiro atoms. The van der Waals surface area contributed by atoms with Crippen LogP contribution < -0.4 is 4.72 Å². The predicted molar refractivity (Wildman–Crippen MR) is 77.1 cm³/mol. The summed E-state index contributed by atoms with van der Waals surface area (Å²) in [6.07, 6.45) is 0. The molecule has 0 aliphatic heterocycles. The first-order chi connectivity index (χ1) is 8.88. The van der Waals surface area contributed by atoms with Gasteiger partial charge in [-0.2, -0.15) is 0 Å². The van der Waals surface area contributed by atoms with Crippen LogP contribution in [0.15, 0.2) is 29.2 Å². The van der Waals surface area contributed by atoms with Crippen molar-refractivity contribution in [1.29, 1.82) is 0 Å². The van der Waals surface area contributed by atoms with Crippen molar-refractivity contribution in [3.63, 3.8) is 0 Å². The number of halogens is 1. The summed E-state index contributed by atoms with van der Waals surface area (Å²) in [5.74, 6) is 0. The number of aryl methyl sites for hydroxylation is 2. The zero-order chi connectivity index (χ0) is 14.0. The molecule has 0 unspecified atom stereocenters. The van der Waals surface area contributed by atoms with Crippen LogP contribution in [-0.2, 0) is 16.6 Å². The molecule has 7 heteroatoms. The fourth-order valence-corrected chi connectivity index (χ4v) is 3.88. The largest absolute Gasteiger partial charge is 0.247 e. The van der Waals surface area contributed by atoms with Crippen LogP contribution >= 0.6 is 22.9 Å². The molecule has 102 valence electrons. The lowest BCUT2D eigenvalue weighted by Gasteiger charge is -2.06. The number of thiazole rings is 1. The third-order valence-corrected chi connectivity index (χ3v) is 5.24. The Morgan fingerprint density at radius 1 is 1.37 bits per heavy atom. The van der Waals surface area contributed by atoms with E-state index in [0.717, 1.165) is 15.6 Å². The van der Waals surface area contributed by atoms with Crippen molar-refractivity contribution in [2.75, 3.05) is 0 Å². The molecule has 1 N–H and O–H groups in total. The van der Waals surface area contributed by atoms with Gasteiger partial charge in [0.1, 0.15) is 0 Å². The number of hydrogen-bond acceptors (Lipinski definition) is 4. The molecule has 0 saturated heterocycles. The zero-order valence-electron chi connectivity index (χ0n) is 10.5. The minimum Gasteiger partial charge on any atom is -0.247 e. The third kappa shape index (κ3) is 3.54. The maximum absolute atomic E-state index is 12.1. The average molecular weight is 317 g/mol. The number of nitrogens with one attached hydrogen (secondary N) is 1. The van der Waals surface area contributed by atoms with E-state index < -0.39 is 10.0 Å². The van der Waals surface area contributed by atoms with Crippen molar-refractivity contribution < 1.29 is 8.42 Å². The molecule has 0 bridgehead atoms. The molecule has 0 saturated carbocycles. The zero-order valence-corrected chi connectivity index (χ0v) is 12.9. The second-order valence-electron chi connectivity index (χ2n) is 4.02. The first-order valence-electron chi connectivity index (χ1n) is 5.56. The van der Waals surface area contributed by atoms with E-state index in [2.05, 4.69) is 9.71 Å². The van der Waals surface area contributed by atoms with Crippen LogP contribution in [0.25, 0.3) is 0 Å². The minimum atomic E-state index is -3.54. The molecule has 1 aromatic carbocycles. The smallest absolute Gasteiger partial charge is 0.240 e. The van der Waals surface area contributed by atoms with Crippen LogP contribution in [0.4, 0.5) is 0 Å². The summed E-state index contributed by atoms with van der Waals surface area (Å²) in [5, 5.41) is 1.32. The van der Waals surface area contributed by atoms with Crippen molar-refractivity contribution in [2.24, 2.45) is 0 Å². The molecule has 2 aromatic rings. The topological polar surface area (TPSA) is 59.1 Å². The number of nitrogens with zero attached hydrogens (tertiary/aromatic N) is 1. The van der Waals surface area contributed by atoms with Gasteiger partial charge in [-0.15, -0.1) is 11.3 Å². The summed E-state index contributed by atoms with van der Waals surface area (Å²) < 4.78 is 26.7. The Balaban J connectivity index is 2.16. The molecule has 1 aromatic heterocycles. The highest BCUT2D eigenvalue weighted by Crippen LogP contribution is 2.19. The summed E-state index contributed by atoms with van der Waals surface area (Å²) in [6.45, 7) is 4.01. The van der Waals surface area contributed by atoms with Gasteiger partial charge in [0, 0.05) is 16.4 Å². The fraction of sp³-hybridized carbons (Fsp3) is 0.250. The first-order valence-corrected chi connectivity index (χ1v) is 8.24. The van der Waals surface area contributed by atoms with E-state index in [0.29, 0.717) is 5.02 Å². The minimum absolute atomic E-state index is 0.166. The van der Waals surface area contributed by atoms with E-state index in [1.165, 1.54) is 23.5 Å². The van der Waals surface area contributed by atoms with Gasteiger partial charge in [-0.1, -0.05) is 17.7 Å². The van der Waals surface area contributed by atoms with Crippen molar-refractivity contribution in [3.05, 3.63) is 44.9 Å². The van der Waals surface area contributed by atoms with Gasteiger partial charge in [0.2, 0.25) is 10.0 Å². The van der Waals surface area contributed by atoms with Crippen LogP contribution in [-0.4, -0.2) is 13.4 Å². The monoisotopic (exact) mass is 316 g/mol. The summed E-state index contributed by atoms with van der Waals surface area (Å²) in [5.41, 5.74) is 0.858. The predicted octanol–water partition coefficient (Wildman–Crippen LogP) is 2.89. The maximum atomic E-state index is 12.1. The molecule has 19 heavy (non-hydrogen) atoms. The molecule has 1 heterocycles. The molecule has 0 radical (unpaired) electrons. The molecule has 0 atom stereocenters. The molecular weight excluding hydrogens is 304 g/mol. The van der Waals surface area contributed by atoms with Crippen LogP contribution in [0.2, 0.25) is 5.02 Å². The van der Waals surface area contributed by atoms with Gasteiger partial charge in [-0.05, 0) is 32.0 Å². The molecule has 0 aliphatic rings. The van der Waals surface area contributed by atoms with Gasteiger partial charge in [0.25, 0.3) is 0 Å². The fourth-order valence-electron chi connectivity index (χ4n) is 1.62. The van der Waals surface area contributed by atoms with E-state index in [4.69, 9.17) is 11.6 Å². The van der Waals surface area contributed by atoms with Crippen LogP contribution in [0.1, 0.15) is 15.6 Å². The Morgan fingerprint density at radius 2 is 2.11 bits per heavy atom. The average Bonchev–Trinajstić information content (AvgIpc) is 2.65. The number of rotatable bonds is 4. The molecule has 2 rings (SSSR count). The summed E-state index contributed by atoms with van der Waals surface area (Å²) >= 11 is 7.29. The Kier molecular flexibility index (Phi) is 4.25. The van der Waals surface area contributed by atoms with Crippen LogP contribution in [0, 0.1) is 13.8 Å². The lowest BCUT2D eigenvalue weighted by atomic mass is 10.4. The Morgan fingerprint density at radius 3 is 2.68 bits per heavy atom. The number of hydrogen-bond donors (Lipinski definition) is 1. The quantitative estimate of drug-likeness (QED) is 0.943. The van der Waals surface area contributed by atoms with E-state index in [1.54, 1.807) is 12.1 Å². The molecule has 4 nitrogen and oxygen atoms in total. The number of aromatic nitrogens is 1. The van der Waals surface area contributed by atoms with Gasteiger partial charge in [0.15, 0.2) is 0 Å². The van der Waals surface area contributed by atoms with Gasteiger partial charge in [-0.25, -0.2) is 18.1 Å². The van der Waals surface area contributed by atoms with Gasteiger partial charge in [-0.3, -0.25) is 0 Å². The van der Waals surface area contributed by atoms with Gasteiger partial charge < -0.3 is 0 Å². The van der Waals surface area contributed by atoms with Gasteiger partial charge in [0.05, 0.1) is 15.6 Å². The van der Waals surface area contributed by atoms with E-state index >= 15 is 0 Å². The van der Waals surface area contributed by atoms with Crippen molar-refractivity contribution in [3.8, 4) is 0 Å². The first kappa shape index (κ1) is 14.5. The number of benzene rings is 1. The standard InChI is InChI=1S/C12H13ClN2O2S2/c1-8-12(18-9(2)15-8)7-14-19(16,17)11-5-3-4-10(13)6-11/h3-6,14H,7H2,1-2H3. The number of sulfonamides is 1. The van der Waals surface area contributed by atoms with E-state index in [9.17, 15) is 8.42 Å². The lowest BCUT2D eigenvalue weighted by molar-refractivity contribution is 0.581. The second-order valence-corrected chi connectivity index (χ2v) is 7.51. The highest BCUT2D eigenvalue weighted by atomic mass is 35.5. The molecule has 0 fully saturated rings. The van der Waals surface area contributed by atoms with E-state index in [-0.39, 0.29) is 11.4 Å². The summed E-state index contributed by atoms with van der Waals surface area (Å²) in [4.78, 5) is 5.35. The third-order valence-electron chi connectivity index (χ3n) is 2.53. The normalized spacial score (nSPS) is 11.7. The SMILES string of the molecule is Cc1nc(C)c(CNS(=O)(=O)c2cccc(Cl)c2)s1. The second kappa shape index (κ2) is 5.58. The Labute approximate surface area is 121 Å². The Bertz CT molecular complexity index is 696. The van der Waals surface area contributed by atoms with Crippen molar-refractivity contribution >= 4 is 33.0 Å². The maximum Gasteiger partial charge on any atom is 0.240 e. The van der Waals surface area contributed by atoms with Gasteiger partial charge >= 0.3 is 0 Å². The summed E-state index contributed by atoms with van der Waals surface area (Å²) in [6, 6.07) is 6.18. The molecule has 0 amide bonds. The molecule has 0 aliphatic carbocycles. The highest BCUT2D eigenvalue weighted by Gasteiger charge is 2.15. The highest BCUT2D eigenvalue weighted by molar-refractivity contribution is 7.89. The summed E-state index contributed by atoms with van der Waals surface area (Å²) in [7, 11) is -3.54. The molecular formula is C12H13ClN2O2S2. The Hall–Kier alpha value is -0.950. The lowest BCUT2D eigenvalue weighted by Crippen LogP contribution is -2.23.